The lowest BCUT2D eigenvalue weighted by atomic mass is 9.75. The summed E-state index contributed by atoms with van der Waals surface area (Å²) in [6.07, 6.45) is 9.47. The van der Waals surface area contributed by atoms with Gasteiger partial charge in [-0.2, -0.15) is 0 Å². The topological polar surface area (TPSA) is 21.3 Å². The van der Waals surface area contributed by atoms with Crippen molar-refractivity contribution >= 4 is 0 Å². The van der Waals surface area contributed by atoms with Crippen LogP contribution in [0.2, 0.25) is 0 Å². The summed E-state index contributed by atoms with van der Waals surface area (Å²) in [6, 6.07) is 0.578. The van der Waals surface area contributed by atoms with Gasteiger partial charge in [-0.1, -0.05) is 40.0 Å². The van der Waals surface area contributed by atoms with E-state index in [1.165, 1.54) is 44.9 Å². The smallest absolute Gasteiger partial charge is 0.0728 e. The SMILES string of the molecule is CCCC1OCC2(CCCC(C)C2)NC1CC. The summed E-state index contributed by atoms with van der Waals surface area (Å²) in [5.74, 6) is 0.861. The maximum Gasteiger partial charge on any atom is 0.0728 e. The molecule has 100 valence electrons. The minimum absolute atomic E-state index is 0.308. The summed E-state index contributed by atoms with van der Waals surface area (Å²) in [7, 11) is 0. The molecule has 0 aromatic carbocycles. The van der Waals surface area contributed by atoms with Crippen molar-refractivity contribution in [3.8, 4) is 0 Å². The zero-order chi connectivity index (χ0) is 12.3. The van der Waals surface area contributed by atoms with Crippen molar-refractivity contribution < 1.29 is 4.74 Å². The summed E-state index contributed by atoms with van der Waals surface area (Å²) >= 11 is 0. The van der Waals surface area contributed by atoms with Crippen LogP contribution in [0.4, 0.5) is 0 Å². The molecule has 1 N–H and O–H groups in total. The van der Waals surface area contributed by atoms with E-state index in [-0.39, 0.29) is 0 Å². The fourth-order valence-electron chi connectivity index (χ4n) is 3.77. The van der Waals surface area contributed by atoms with Gasteiger partial charge in [-0.05, 0) is 31.6 Å². The zero-order valence-corrected chi connectivity index (χ0v) is 11.8. The first-order valence-corrected chi connectivity index (χ1v) is 7.58. The second-order valence-electron chi connectivity index (χ2n) is 6.28. The highest BCUT2D eigenvalue weighted by Gasteiger charge is 2.42. The van der Waals surface area contributed by atoms with Crippen molar-refractivity contribution in [3.63, 3.8) is 0 Å². The van der Waals surface area contributed by atoms with Crippen molar-refractivity contribution in [3.05, 3.63) is 0 Å². The fourth-order valence-corrected chi connectivity index (χ4v) is 3.77. The molecule has 1 saturated carbocycles. The molecule has 4 atom stereocenters. The van der Waals surface area contributed by atoms with Gasteiger partial charge in [0.25, 0.3) is 0 Å². The second kappa shape index (κ2) is 5.71. The van der Waals surface area contributed by atoms with Crippen LogP contribution in [0.15, 0.2) is 0 Å². The Kier molecular flexibility index (Phi) is 4.48. The third kappa shape index (κ3) is 3.03. The first kappa shape index (κ1) is 13.4. The van der Waals surface area contributed by atoms with Crippen LogP contribution in [-0.4, -0.2) is 24.3 Å². The van der Waals surface area contributed by atoms with Crippen LogP contribution in [0.5, 0.6) is 0 Å². The van der Waals surface area contributed by atoms with Gasteiger partial charge in [-0.25, -0.2) is 0 Å². The van der Waals surface area contributed by atoms with Crippen LogP contribution in [0.1, 0.15) is 65.7 Å². The van der Waals surface area contributed by atoms with Gasteiger partial charge >= 0.3 is 0 Å². The van der Waals surface area contributed by atoms with Crippen LogP contribution < -0.4 is 5.32 Å². The zero-order valence-electron chi connectivity index (χ0n) is 11.8. The number of hydrogen-bond donors (Lipinski definition) is 1. The molecule has 0 amide bonds. The summed E-state index contributed by atoms with van der Waals surface area (Å²) in [5.41, 5.74) is 0.308. The van der Waals surface area contributed by atoms with Crippen molar-refractivity contribution in [2.45, 2.75) is 83.4 Å². The molecule has 1 aliphatic heterocycles. The van der Waals surface area contributed by atoms with Gasteiger partial charge in [0.15, 0.2) is 0 Å². The average molecular weight is 239 g/mol. The lowest BCUT2D eigenvalue weighted by Crippen LogP contribution is -2.63. The minimum atomic E-state index is 0.308. The quantitative estimate of drug-likeness (QED) is 0.814. The van der Waals surface area contributed by atoms with Crippen LogP contribution >= 0.6 is 0 Å². The lowest BCUT2D eigenvalue weighted by Gasteiger charge is -2.49. The molecule has 2 aliphatic rings. The van der Waals surface area contributed by atoms with E-state index in [2.05, 4.69) is 26.1 Å². The predicted molar refractivity (Wildman–Crippen MR) is 72.2 cm³/mol. The van der Waals surface area contributed by atoms with Gasteiger partial charge in [0.1, 0.15) is 0 Å². The monoisotopic (exact) mass is 239 g/mol. The van der Waals surface area contributed by atoms with Crippen LogP contribution in [0.25, 0.3) is 0 Å². The van der Waals surface area contributed by atoms with Crippen molar-refractivity contribution in [1.29, 1.82) is 0 Å². The molecule has 1 saturated heterocycles. The van der Waals surface area contributed by atoms with Crippen molar-refractivity contribution in [2.75, 3.05) is 6.61 Å². The first-order valence-electron chi connectivity index (χ1n) is 7.58. The number of nitrogens with one attached hydrogen (secondary N) is 1. The molecule has 0 bridgehead atoms. The Hall–Kier alpha value is -0.0800. The number of morpholine rings is 1. The molecule has 2 rings (SSSR count). The average Bonchev–Trinajstić information content (AvgIpc) is 2.32. The molecule has 1 heterocycles. The second-order valence-corrected chi connectivity index (χ2v) is 6.28. The highest BCUT2D eigenvalue weighted by molar-refractivity contribution is 4.99. The van der Waals surface area contributed by atoms with E-state index in [0.29, 0.717) is 17.7 Å². The molecule has 2 heteroatoms. The third-order valence-corrected chi connectivity index (χ3v) is 4.62. The Morgan fingerprint density at radius 1 is 1.35 bits per heavy atom. The summed E-state index contributed by atoms with van der Waals surface area (Å²) in [6.45, 7) is 7.87. The number of rotatable bonds is 3. The maximum atomic E-state index is 6.20. The Morgan fingerprint density at radius 3 is 2.82 bits per heavy atom. The highest BCUT2D eigenvalue weighted by Crippen LogP contribution is 2.36. The normalized spacial score (nSPS) is 42.9. The number of hydrogen-bond acceptors (Lipinski definition) is 2. The molecule has 1 spiro atoms. The van der Waals surface area contributed by atoms with Gasteiger partial charge in [0.05, 0.1) is 12.7 Å². The molecule has 4 unspecified atom stereocenters. The number of ether oxygens (including phenoxy) is 1. The largest absolute Gasteiger partial charge is 0.375 e. The molecule has 0 radical (unpaired) electrons. The molecule has 2 nitrogen and oxygen atoms in total. The summed E-state index contributed by atoms with van der Waals surface area (Å²) < 4.78 is 6.20. The Morgan fingerprint density at radius 2 is 2.18 bits per heavy atom. The summed E-state index contributed by atoms with van der Waals surface area (Å²) in [5, 5.41) is 3.96. The molecule has 0 aromatic heterocycles. The van der Waals surface area contributed by atoms with Crippen LogP contribution in [0.3, 0.4) is 0 Å². The van der Waals surface area contributed by atoms with Gasteiger partial charge < -0.3 is 10.1 Å². The van der Waals surface area contributed by atoms with E-state index in [1.807, 2.05) is 0 Å². The van der Waals surface area contributed by atoms with E-state index in [0.717, 1.165) is 12.5 Å². The van der Waals surface area contributed by atoms with Gasteiger partial charge in [0.2, 0.25) is 0 Å². The molecule has 17 heavy (non-hydrogen) atoms. The van der Waals surface area contributed by atoms with E-state index in [9.17, 15) is 0 Å². The summed E-state index contributed by atoms with van der Waals surface area (Å²) in [4.78, 5) is 0. The Labute approximate surface area is 107 Å². The standard InChI is InChI=1S/C15H29NO/c1-4-7-14-13(5-2)16-15(11-17-14)9-6-8-12(3)10-15/h12-14,16H,4-11H2,1-3H3. The maximum absolute atomic E-state index is 6.20. The van der Waals surface area contributed by atoms with E-state index >= 15 is 0 Å². The molecular formula is C15H29NO. The van der Waals surface area contributed by atoms with Crippen LogP contribution in [-0.2, 0) is 4.74 Å². The van der Waals surface area contributed by atoms with E-state index in [4.69, 9.17) is 4.74 Å². The lowest BCUT2D eigenvalue weighted by molar-refractivity contribution is -0.0823. The van der Waals surface area contributed by atoms with Gasteiger partial charge in [-0.3, -0.25) is 0 Å². The minimum Gasteiger partial charge on any atom is -0.375 e. The Balaban J connectivity index is 1.99. The van der Waals surface area contributed by atoms with Crippen LogP contribution in [0, 0.1) is 5.92 Å². The molecule has 0 aromatic rings. The van der Waals surface area contributed by atoms with Gasteiger partial charge in [0, 0.05) is 11.6 Å². The van der Waals surface area contributed by atoms with E-state index in [1.54, 1.807) is 0 Å². The Bertz CT molecular complexity index is 243. The molecule has 1 aliphatic carbocycles. The van der Waals surface area contributed by atoms with Crippen molar-refractivity contribution in [2.24, 2.45) is 5.92 Å². The third-order valence-electron chi connectivity index (χ3n) is 4.62. The van der Waals surface area contributed by atoms with Gasteiger partial charge in [-0.15, -0.1) is 0 Å². The predicted octanol–water partition coefficient (Wildman–Crippen LogP) is 3.50. The fraction of sp³-hybridized carbons (Fsp3) is 1.00. The highest BCUT2D eigenvalue weighted by atomic mass is 16.5. The first-order chi connectivity index (χ1) is 8.19. The van der Waals surface area contributed by atoms with E-state index < -0.39 is 0 Å². The molecule has 2 fully saturated rings. The molecular weight excluding hydrogens is 210 g/mol. The van der Waals surface area contributed by atoms with Crippen molar-refractivity contribution in [1.82, 2.24) is 5.32 Å².